The number of rotatable bonds is 7. The summed E-state index contributed by atoms with van der Waals surface area (Å²) in [4.78, 5) is 18.2. The summed E-state index contributed by atoms with van der Waals surface area (Å²) >= 11 is 0. The summed E-state index contributed by atoms with van der Waals surface area (Å²) in [5.41, 5.74) is 5.16. The van der Waals surface area contributed by atoms with Crippen molar-refractivity contribution in [2.75, 3.05) is 56.6 Å². The Morgan fingerprint density at radius 3 is 2.39 bits per heavy atom. The van der Waals surface area contributed by atoms with Crippen LogP contribution in [-0.2, 0) is 0 Å². The predicted octanol–water partition coefficient (Wildman–Crippen LogP) is 5.32. The van der Waals surface area contributed by atoms with Gasteiger partial charge in [0.2, 0.25) is 0 Å². The number of anilines is 2. The van der Waals surface area contributed by atoms with Gasteiger partial charge in [-0.15, -0.1) is 0 Å². The van der Waals surface area contributed by atoms with Gasteiger partial charge in [-0.25, -0.2) is 0 Å². The number of benzene rings is 3. The van der Waals surface area contributed by atoms with Gasteiger partial charge in [0.05, 0.1) is 23.9 Å². The van der Waals surface area contributed by atoms with Crippen LogP contribution in [0.4, 0.5) is 11.4 Å². The molecule has 1 aromatic heterocycles. The van der Waals surface area contributed by atoms with Crippen LogP contribution in [0.15, 0.2) is 75.9 Å². The van der Waals surface area contributed by atoms with Gasteiger partial charge >= 0.3 is 0 Å². The van der Waals surface area contributed by atoms with Crippen LogP contribution >= 0.6 is 0 Å². The highest BCUT2D eigenvalue weighted by Gasteiger charge is 2.20. The van der Waals surface area contributed by atoms with Gasteiger partial charge in [-0.1, -0.05) is 48.5 Å². The maximum Gasteiger partial charge on any atom is 0.196 e. The molecule has 0 unspecified atom stereocenters. The highest BCUT2D eigenvalue weighted by Crippen LogP contribution is 2.31. The number of para-hydroxylation sites is 2. The van der Waals surface area contributed by atoms with Crippen molar-refractivity contribution in [3.05, 3.63) is 88.1 Å². The Balaban J connectivity index is 1.29. The molecule has 1 fully saturated rings. The summed E-state index contributed by atoms with van der Waals surface area (Å²) in [6.07, 6.45) is 0. The van der Waals surface area contributed by atoms with Crippen molar-refractivity contribution >= 4 is 22.3 Å². The summed E-state index contributed by atoms with van der Waals surface area (Å²) in [5, 5.41) is 4.20. The van der Waals surface area contributed by atoms with Gasteiger partial charge in [-0.3, -0.25) is 9.69 Å². The first-order valence-electron chi connectivity index (χ1n) is 12.5. The fourth-order valence-corrected chi connectivity index (χ4v) is 4.99. The minimum atomic E-state index is 0.0312. The lowest BCUT2D eigenvalue weighted by Gasteiger charge is -2.36. The Morgan fingerprint density at radius 1 is 0.917 bits per heavy atom. The molecule has 0 atom stereocenters. The van der Waals surface area contributed by atoms with Crippen LogP contribution in [0.5, 0.6) is 5.75 Å². The van der Waals surface area contributed by atoms with E-state index in [9.17, 15) is 4.79 Å². The minimum absolute atomic E-state index is 0.0312. The molecule has 0 amide bonds. The molecule has 1 N–H and O–H groups in total. The number of nitrogens with one attached hydrogen (secondary N) is 1. The number of hydrogen-bond acceptors (Lipinski definition) is 6. The average molecular weight is 484 g/mol. The smallest absolute Gasteiger partial charge is 0.196 e. The van der Waals surface area contributed by atoms with Crippen LogP contribution in [0.3, 0.4) is 0 Å². The van der Waals surface area contributed by atoms with E-state index in [1.54, 1.807) is 7.11 Å². The monoisotopic (exact) mass is 483 g/mol. The molecule has 5 rings (SSSR count). The number of nitrogens with zero attached hydrogens (tertiary/aromatic N) is 2. The van der Waals surface area contributed by atoms with E-state index in [1.807, 2.05) is 68.4 Å². The molecule has 6 heteroatoms. The molecule has 3 aromatic carbocycles. The lowest BCUT2D eigenvalue weighted by atomic mass is 10.0. The van der Waals surface area contributed by atoms with Gasteiger partial charge in [-0.2, -0.15) is 0 Å². The number of ether oxygens (including phenoxy) is 1. The maximum atomic E-state index is 13.3. The van der Waals surface area contributed by atoms with Crippen molar-refractivity contribution in [2.45, 2.75) is 13.8 Å². The first-order valence-corrected chi connectivity index (χ1v) is 12.5. The molecule has 4 aromatic rings. The van der Waals surface area contributed by atoms with Crippen LogP contribution < -0.4 is 20.4 Å². The maximum absolute atomic E-state index is 13.3. The van der Waals surface area contributed by atoms with E-state index in [1.165, 1.54) is 0 Å². The molecule has 1 aliphatic heterocycles. The fourth-order valence-electron chi connectivity index (χ4n) is 4.99. The second kappa shape index (κ2) is 10.5. The average Bonchev–Trinajstić information content (AvgIpc) is 2.92. The second-order valence-corrected chi connectivity index (χ2v) is 9.31. The standard InChI is InChI=1S/C30H33N3O3/c1-21-13-14-24(30-27(21)28(34)22(2)29(36-30)23-9-5-4-6-10-23)31-15-16-32-17-19-33(20-18-32)25-11-7-8-12-26(25)35-3/h4-14,31H,15-20H2,1-3H3. The predicted molar refractivity (Wildman–Crippen MR) is 148 cm³/mol. The summed E-state index contributed by atoms with van der Waals surface area (Å²) in [5.74, 6) is 1.56. The molecule has 36 heavy (non-hydrogen) atoms. The molecule has 0 radical (unpaired) electrons. The Morgan fingerprint density at radius 2 is 1.64 bits per heavy atom. The second-order valence-electron chi connectivity index (χ2n) is 9.31. The van der Waals surface area contributed by atoms with Gasteiger partial charge in [0.15, 0.2) is 11.0 Å². The summed E-state index contributed by atoms with van der Waals surface area (Å²) < 4.78 is 11.9. The molecule has 6 nitrogen and oxygen atoms in total. The van der Waals surface area contributed by atoms with Gasteiger partial charge in [0, 0.05) is 50.4 Å². The van der Waals surface area contributed by atoms with Gasteiger partial charge in [0.1, 0.15) is 11.5 Å². The van der Waals surface area contributed by atoms with Crippen LogP contribution in [0, 0.1) is 13.8 Å². The molecule has 1 aliphatic rings. The Labute approximate surface area is 212 Å². The number of aryl methyl sites for hydroxylation is 1. The quantitative estimate of drug-likeness (QED) is 0.384. The van der Waals surface area contributed by atoms with Crippen LogP contribution in [0.2, 0.25) is 0 Å². The van der Waals surface area contributed by atoms with Gasteiger partial charge in [0.25, 0.3) is 0 Å². The third-order valence-corrected chi connectivity index (χ3v) is 7.06. The fraction of sp³-hybridized carbons (Fsp3) is 0.300. The number of fused-ring (bicyclic) bond motifs is 1. The van der Waals surface area contributed by atoms with E-state index < -0.39 is 0 Å². The van der Waals surface area contributed by atoms with Crippen LogP contribution in [-0.4, -0.2) is 51.3 Å². The van der Waals surface area contributed by atoms with Crippen LogP contribution in [0.1, 0.15) is 11.1 Å². The Hall–Kier alpha value is -3.77. The van der Waals surface area contributed by atoms with E-state index in [0.29, 0.717) is 22.3 Å². The van der Waals surface area contributed by atoms with Crippen molar-refractivity contribution in [3.8, 4) is 17.1 Å². The highest BCUT2D eigenvalue weighted by atomic mass is 16.5. The molecule has 0 bridgehead atoms. The highest BCUT2D eigenvalue weighted by molar-refractivity contribution is 5.92. The minimum Gasteiger partial charge on any atom is -0.495 e. The molecular formula is C30H33N3O3. The van der Waals surface area contributed by atoms with E-state index in [0.717, 1.165) is 67.5 Å². The SMILES string of the molecule is COc1ccccc1N1CCN(CCNc2ccc(C)c3c(=O)c(C)c(-c4ccccc4)oc23)CC1. The summed E-state index contributed by atoms with van der Waals surface area (Å²) in [7, 11) is 1.72. The number of piperazine rings is 1. The lowest BCUT2D eigenvalue weighted by molar-refractivity contribution is 0.266. The molecular weight excluding hydrogens is 450 g/mol. The number of hydrogen-bond donors (Lipinski definition) is 1. The molecule has 1 saturated heterocycles. The number of methoxy groups -OCH3 is 1. The van der Waals surface area contributed by atoms with Crippen molar-refractivity contribution in [2.24, 2.45) is 0 Å². The molecule has 186 valence electrons. The normalized spacial score (nSPS) is 14.2. The van der Waals surface area contributed by atoms with Crippen LogP contribution in [0.25, 0.3) is 22.3 Å². The van der Waals surface area contributed by atoms with E-state index in [2.05, 4.69) is 27.2 Å². The molecule has 0 saturated carbocycles. The largest absolute Gasteiger partial charge is 0.495 e. The Bertz CT molecular complexity index is 1410. The summed E-state index contributed by atoms with van der Waals surface area (Å²) in [6, 6.07) is 22.1. The van der Waals surface area contributed by atoms with E-state index in [-0.39, 0.29) is 5.43 Å². The zero-order valence-corrected chi connectivity index (χ0v) is 21.2. The third kappa shape index (κ3) is 4.69. The topological polar surface area (TPSA) is 58.0 Å². The van der Waals surface area contributed by atoms with Crippen molar-refractivity contribution < 1.29 is 9.15 Å². The zero-order valence-electron chi connectivity index (χ0n) is 21.2. The third-order valence-electron chi connectivity index (χ3n) is 7.06. The van der Waals surface area contributed by atoms with E-state index >= 15 is 0 Å². The van der Waals surface area contributed by atoms with Crippen molar-refractivity contribution in [1.82, 2.24) is 4.90 Å². The zero-order chi connectivity index (χ0) is 25.1. The first kappa shape index (κ1) is 23.9. The van der Waals surface area contributed by atoms with Gasteiger partial charge < -0.3 is 19.4 Å². The van der Waals surface area contributed by atoms with Gasteiger partial charge in [-0.05, 0) is 37.6 Å². The van der Waals surface area contributed by atoms with Crippen molar-refractivity contribution in [3.63, 3.8) is 0 Å². The molecule has 0 aliphatic carbocycles. The summed E-state index contributed by atoms with van der Waals surface area (Å²) in [6.45, 7) is 9.39. The Kier molecular flexibility index (Phi) is 6.96. The lowest BCUT2D eigenvalue weighted by Crippen LogP contribution is -2.47. The van der Waals surface area contributed by atoms with E-state index in [4.69, 9.17) is 9.15 Å². The molecule has 2 heterocycles. The van der Waals surface area contributed by atoms with Crippen molar-refractivity contribution in [1.29, 1.82) is 0 Å². The first-order chi connectivity index (χ1) is 17.6. The molecule has 0 spiro atoms.